The first kappa shape index (κ1) is 10.4. The van der Waals surface area contributed by atoms with Crippen molar-refractivity contribution in [3.8, 4) is 0 Å². The van der Waals surface area contributed by atoms with E-state index >= 15 is 0 Å². The Morgan fingerprint density at radius 1 is 1.27 bits per heavy atom. The standard InChI is InChI=1S/C11H18N4/c12-6-9-15(10-4-1-2-5-10)11-13-7-3-8-14-11/h3,7-8,10H,1-2,4-6,9,12H2. The Bertz CT molecular complexity index is 282. The minimum Gasteiger partial charge on any atom is -0.337 e. The van der Waals surface area contributed by atoms with Gasteiger partial charge < -0.3 is 10.6 Å². The van der Waals surface area contributed by atoms with E-state index in [9.17, 15) is 0 Å². The Labute approximate surface area is 90.5 Å². The van der Waals surface area contributed by atoms with Crippen LogP contribution < -0.4 is 10.6 Å². The number of nitrogens with zero attached hydrogens (tertiary/aromatic N) is 3. The van der Waals surface area contributed by atoms with E-state index in [1.165, 1.54) is 25.7 Å². The second kappa shape index (κ2) is 5.07. The van der Waals surface area contributed by atoms with Crippen LogP contribution in [-0.2, 0) is 0 Å². The zero-order valence-electron chi connectivity index (χ0n) is 8.97. The van der Waals surface area contributed by atoms with Gasteiger partial charge in [0.15, 0.2) is 0 Å². The predicted molar refractivity (Wildman–Crippen MR) is 60.7 cm³/mol. The first-order valence-corrected chi connectivity index (χ1v) is 5.65. The minimum absolute atomic E-state index is 0.593. The predicted octanol–water partition coefficient (Wildman–Crippen LogP) is 1.18. The molecule has 82 valence electrons. The highest BCUT2D eigenvalue weighted by molar-refractivity contribution is 5.30. The Morgan fingerprint density at radius 2 is 1.93 bits per heavy atom. The Kier molecular flexibility index (Phi) is 3.50. The van der Waals surface area contributed by atoms with E-state index in [4.69, 9.17) is 5.73 Å². The molecule has 0 atom stereocenters. The molecule has 1 aromatic rings. The Balaban J connectivity index is 2.11. The van der Waals surface area contributed by atoms with Gasteiger partial charge in [-0.2, -0.15) is 0 Å². The minimum atomic E-state index is 0.593. The van der Waals surface area contributed by atoms with Gasteiger partial charge in [0.25, 0.3) is 0 Å². The third-order valence-electron chi connectivity index (χ3n) is 2.94. The van der Waals surface area contributed by atoms with Gasteiger partial charge in [0.2, 0.25) is 5.95 Å². The molecule has 0 unspecified atom stereocenters. The molecule has 0 saturated heterocycles. The fraction of sp³-hybridized carbons (Fsp3) is 0.636. The zero-order chi connectivity index (χ0) is 10.5. The maximum Gasteiger partial charge on any atom is 0.225 e. The molecule has 1 heterocycles. The van der Waals surface area contributed by atoms with Crippen LogP contribution in [0.25, 0.3) is 0 Å². The number of anilines is 1. The van der Waals surface area contributed by atoms with E-state index in [1.807, 2.05) is 6.07 Å². The monoisotopic (exact) mass is 206 g/mol. The lowest BCUT2D eigenvalue weighted by atomic mass is 10.2. The third kappa shape index (κ3) is 2.45. The molecule has 1 saturated carbocycles. The van der Waals surface area contributed by atoms with E-state index in [0.29, 0.717) is 12.6 Å². The van der Waals surface area contributed by atoms with Crippen LogP contribution in [0.2, 0.25) is 0 Å². The smallest absolute Gasteiger partial charge is 0.225 e. The molecule has 1 aliphatic rings. The van der Waals surface area contributed by atoms with Crippen LogP contribution in [-0.4, -0.2) is 29.1 Å². The molecular formula is C11H18N4. The fourth-order valence-electron chi connectivity index (χ4n) is 2.24. The lowest BCUT2D eigenvalue weighted by Gasteiger charge is -2.28. The highest BCUT2D eigenvalue weighted by Gasteiger charge is 2.23. The van der Waals surface area contributed by atoms with Crippen molar-refractivity contribution in [2.45, 2.75) is 31.7 Å². The molecule has 4 nitrogen and oxygen atoms in total. The third-order valence-corrected chi connectivity index (χ3v) is 2.94. The van der Waals surface area contributed by atoms with Gasteiger partial charge in [0, 0.05) is 31.5 Å². The molecule has 1 aromatic heterocycles. The second-order valence-electron chi connectivity index (χ2n) is 3.97. The molecule has 0 radical (unpaired) electrons. The maximum absolute atomic E-state index is 5.64. The SMILES string of the molecule is NCCN(c1ncccn1)C1CCCC1. The van der Waals surface area contributed by atoms with Gasteiger partial charge in [0.05, 0.1) is 0 Å². The zero-order valence-corrected chi connectivity index (χ0v) is 8.97. The molecule has 0 aromatic carbocycles. The highest BCUT2D eigenvalue weighted by Crippen LogP contribution is 2.25. The summed E-state index contributed by atoms with van der Waals surface area (Å²) in [5.41, 5.74) is 5.64. The summed E-state index contributed by atoms with van der Waals surface area (Å²) < 4.78 is 0. The maximum atomic E-state index is 5.64. The normalized spacial score (nSPS) is 16.9. The molecule has 0 spiro atoms. The summed E-state index contributed by atoms with van der Waals surface area (Å²) in [7, 11) is 0. The number of hydrogen-bond acceptors (Lipinski definition) is 4. The van der Waals surface area contributed by atoms with Crippen molar-refractivity contribution in [2.75, 3.05) is 18.0 Å². The summed E-state index contributed by atoms with van der Waals surface area (Å²) in [4.78, 5) is 10.9. The Hall–Kier alpha value is -1.16. The average molecular weight is 206 g/mol. The number of rotatable bonds is 4. The first-order valence-electron chi connectivity index (χ1n) is 5.65. The summed E-state index contributed by atoms with van der Waals surface area (Å²) >= 11 is 0. The van der Waals surface area contributed by atoms with Gasteiger partial charge in [-0.15, -0.1) is 0 Å². The number of aromatic nitrogens is 2. The van der Waals surface area contributed by atoms with Crippen LogP contribution in [0.3, 0.4) is 0 Å². The van der Waals surface area contributed by atoms with E-state index in [1.54, 1.807) is 12.4 Å². The van der Waals surface area contributed by atoms with Crippen molar-refractivity contribution in [3.05, 3.63) is 18.5 Å². The summed E-state index contributed by atoms with van der Waals surface area (Å²) in [5, 5.41) is 0. The van der Waals surface area contributed by atoms with Gasteiger partial charge in [-0.3, -0.25) is 0 Å². The van der Waals surface area contributed by atoms with Crippen LogP contribution in [0, 0.1) is 0 Å². The van der Waals surface area contributed by atoms with Gasteiger partial charge in [0.1, 0.15) is 0 Å². The van der Waals surface area contributed by atoms with Crippen LogP contribution in [0.15, 0.2) is 18.5 Å². The summed E-state index contributed by atoms with van der Waals surface area (Å²) in [5.74, 6) is 0.829. The molecular weight excluding hydrogens is 188 g/mol. The number of nitrogens with two attached hydrogens (primary N) is 1. The second-order valence-corrected chi connectivity index (χ2v) is 3.97. The molecule has 4 heteroatoms. The van der Waals surface area contributed by atoms with Crippen molar-refractivity contribution in [3.63, 3.8) is 0 Å². The van der Waals surface area contributed by atoms with E-state index in [-0.39, 0.29) is 0 Å². The van der Waals surface area contributed by atoms with Crippen molar-refractivity contribution in [2.24, 2.45) is 5.73 Å². The van der Waals surface area contributed by atoms with Crippen LogP contribution in [0.5, 0.6) is 0 Å². The molecule has 1 aliphatic carbocycles. The molecule has 1 fully saturated rings. The van der Waals surface area contributed by atoms with Gasteiger partial charge in [-0.25, -0.2) is 9.97 Å². The van der Waals surface area contributed by atoms with Crippen molar-refractivity contribution >= 4 is 5.95 Å². The molecule has 0 amide bonds. The molecule has 0 bridgehead atoms. The lowest BCUT2D eigenvalue weighted by Crippen LogP contribution is -2.38. The number of hydrogen-bond donors (Lipinski definition) is 1. The van der Waals surface area contributed by atoms with Crippen LogP contribution in [0.1, 0.15) is 25.7 Å². The lowest BCUT2D eigenvalue weighted by molar-refractivity contribution is 0.594. The highest BCUT2D eigenvalue weighted by atomic mass is 15.3. The van der Waals surface area contributed by atoms with E-state index < -0.39 is 0 Å². The summed E-state index contributed by atoms with van der Waals surface area (Å²) in [6.45, 7) is 1.52. The topological polar surface area (TPSA) is 55.0 Å². The fourth-order valence-corrected chi connectivity index (χ4v) is 2.24. The van der Waals surface area contributed by atoms with Crippen molar-refractivity contribution in [1.29, 1.82) is 0 Å². The van der Waals surface area contributed by atoms with Gasteiger partial charge in [-0.05, 0) is 18.9 Å². The summed E-state index contributed by atoms with van der Waals surface area (Å²) in [6, 6.07) is 2.44. The molecule has 15 heavy (non-hydrogen) atoms. The molecule has 2 N–H and O–H groups in total. The van der Waals surface area contributed by atoms with E-state index in [0.717, 1.165) is 12.5 Å². The summed E-state index contributed by atoms with van der Waals surface area (Å²) in [6.07, 6.45) is 8.72. The molecule has 2 rings (SSSR count). The van der Waals surface area contributed by atoms with Gasteiger partial charge >= 0.3 is 0 Å². The average Bonchev–Trinajstić information content (AvgIpc) is 2.80. The first-order chi connectivity index (χ1) is 7.42. The van der Waals surface area contributed by atoms with Crippen molar-refractivity contribution < 1.29 is 0 Å². The van der Waals surface area contributed by atoms with Crippen molar-refractivity contribution in [1.82, 2.24) is 9.97 Å². The molecule has 0 aliphatic heterocycles. The van der Waals surface area contributed by atoms with E-state index in [2.05, 4.69) is 14.9 Å². The van der Waals surface area contributed by atoms with Gasteiger partial charge in [-0.1, -0.05) is 12.8 Å². The Morgan fingerprint density at radius 3 is 2.53 bits per heavy atom. The largest absolute Gasteiger partial charge is 0.337 e. The quantitative estimate of drug-likeness (QED) is 0.804. The van der Waals surface area contributed by atoms with Crippen LogP contribution in [0.4, 0.5) is 5.95 Å². The van der Waals surface area contributed by atoms with Crippen LogP contribution >= 0.6 is 0 Å².